The molecule has 0 atom stereocenters. The minimum absolute atomic E-state index is 0.00823. The molecular weight excluding hydrogens is 234 g/mol. The Morgan fingerprint density at radius 2 is 2.06 bits per heavy atom. The van der Waals surface area contributed by atoms with Crippen LogP contribution in [-0.4, -0.2) is 11.2 Å². The number of furan rings is 1. The van der Waals surface area contributed by atoms with Crippen LogP contribution >= 0.6 is 0 Å². The zero-order chi connectivity index (χ0) is 13.0. The lowest BCUT2D eigenvalue weighted by Crippen LogP contribution is -1.87. The molecule has 0 aliphatic rings. The van der Waals surface area contributed by atoms with Gasteiger partial charge in [-0.3, -0.25) is 14.9 Å². The Bertz CT molecular complexity index is 613. The van der Waals surface area contributed by atoms with Crippen molar-refractivity contribution in [3.63, 3.8) is 0 Å². The predicted molar refractivity (Wildman–Crippen MR) is 65.9 cm³/mol. The van der Waals surface area contributed by atoms with E-state index < -0.39 is 4.92 Å². The van der Waals surface area contributed by atoms with Crippen molar-refractivity contribution in [2.75, 3.05) is 0 Å². The van der Waals surface area contributed by atoms with Gasteiger partial charge in [0.15, 0.2) is 0 Å². The number of allylic oxidation sites excluding steroid dienone is 1. The molecule has 0 spiro atoms. The molecule has 18 heavy (non-hydrogen) atoms. The van der Waals surface area contributed by atoms with Crippen molar-refractivity contribution in [3.8, 4) is 11.3 Å². The molecule has 0 saturated heterocycles. The molecule has 0 amide bonds. The van der Waals surface area contributed by atoms with Gasteiger partial charge in [-0.2, -0.15) is 0 Å². The molecule has 0 unspecified atom stereocenters. The van der Waals surface area contributed by atoms with Gasteiger partial charge in [0.1, 0.15) is 17.8 Å². The molecule has 90 valence electrons. The van der Waals surface area contributed by atoms with Gasteiger partial charge < -0.3 is 4.42 Å². The highest BCUT2D eigenvalue weighted by atomic mass is 16.6. The third-order valence-electron chi connectivity index (χ3n) is 2.31. The lowest BCUT2D eigenvalue weighted by molar-refractivity contribution is -0.384. The summed E-state index contributed by atoms with van der Waals surface area (Å²) in [5.74, 6) is 1.04. The number of carbonyl (C=O) groups is 1. The standard InChI is InChI=1S/C13H9NO4/c15-8-2-5-12-6-7-13(18-12)10-3-1-4-11(9-10)14(16)17/h1-9H/b5-2+. The van der Waals surface area contributed by atoms with Crippen molar-refractivity contribution < 1.29 is 14.1 Å². The zero-order valence-corrected chi connectivity index (χ0v) is 9.28. The number of aldehydes is 1. The third kappa shape index (κ3) is 2.52. The fourth-order valence-electron chi connectivity index (χ4n) is 1.50. The molecule has 2 rings (SSSR count). The first-order valence-corrected chi connectivity index (χ1v) is 5.17. The summed E-state index contributed by atoms with van der Waals surface area (Å²) in [6, 6.07) is 9.55. The highest BCUT2D eigenvalue weighted by Crippen LogP contribution is 2.25. The number of rotatable bonds is 4. The Balaban J connectivity index is 2.33. The first kappa shape index (κ1) is 11.8. The molecule has 1 aromatic carbocycles. The highest BCUT2D eigenvalue weighted by molar-refractivity contribution is 5.73. The molecule has 0 saturated carbocycles. The van der Waals surface area contributed by atoms with Crippen LogP contribution in [0.4, 0.5) is 5.69 Å². The van der Waals surface area contributed by atoms with Crippen LogP contribution in [-0.2, 0) is 4.79 Å². The second-order valence-corrected chi connectivity index (χ2v) is 3.50. The van der Waals surface area contributed by atoms with Gasteiger partial charge in [-0.15, -0.1) is 0 Å². The Labute approximate surface area is 103 Å². The maximum atomic E-state index is 10.7. The predicted octanol–water partition coefficient (Wildman–Crippen LogP) is 3.07. The van der Waals surface area contributed by atoms with E-state index in [-0.39, 0.29) is 5.69 Å². The Morgan fingerprint density at radius 3 is 2.78 bits per heavy atom. The highest BCUT2D eigenvalue weighted by Gasteiger charge is 2.09. The number of carbonyl (C=O) groups excluding carboxylic acids is 1. The quantitative estimate of drug-likeness (QED) is 0.358. The summed E-state index contributed by atoms with van der Waals surface area (Å²) in [4.78, 5) is 20.4. The van der Waals surface area contributed by atoms with Crippen molar-refractivity contribution in [2.45, 2.75) is 0 Å². The monoisotopic (exact) mass is 243 g/mol. The van der Waals surface area contributed by atoms with E-state index in [2.05, 4.69) is 0 Å². The van der Waals surface area contributed by atoms with Crippen LogP contribution < -0.4 is 0 Å². The molecule has 0 bridgehead atoms. The largest absolute Gasteiger partial charge is 0.457 e. The minimum Gasteiger partial charge on any atom is -0.457 e. The van der Waals surface area contributed by atoms with E-state index in [0.717, 1.165) is 0 Å². The number of hydrogen-bond acceptors (Lipinski definition) is 4. The van der Waals surface area contributed by atoms with Crippen molar-refractivity contribution in [1.82, 2.24) is 0 Å². The van der Waals surface area contributed by atoms with Gasteiger partial charge in [0.2, 0.25) is 0 Å². The molecule has 0 fully saturated rings. The second kappa shape index (κ2) is 5.09. The smallest absolute Gasteiger partial charge is 0.270 e. The van der Waals surface area contributed by atoms with E-state index in [4.69, 9.17) is 4.42 Å². The van der Waals surface area contributed by atoms with Crippen LogP contribution in [0.1, 0.15) is 5.76 Å². The number of non-ortho nitro benzene ring substituents is 1. The normalized spacial score (nSPS) is 10.7. The van der Waals surface area contributed by atoms with Crippen LogP contribution in [0.3, 0.4) is 0 Å². The molecule has 5 heteroatoms. The van der Waals surface area contributed by atoms with Gasteiger partial charge in [-0.1, -0.05) is 12.1 Å². The van der Waals surface area contributed by atoms with Crippen molar-refractivity contribution in [3.05, 3.63) is 58.3 Å². The molecular formula is C13H9NO4. The summed E-state index contributed by atoms with van der Waals surface area (Å²) < 4.78 is 5.44. The van der Waals surface area contributed by atoms with E-state index >= 15 is 0 Å². The molecule has 0 N–H and O–H groups in total. The van der Waals surface area contributed by atoms with Gasteiger partial charge >= 0.3 is 0 Å². The maximum absolute atomic E-state index is 10.7. The van der Waals surface area contributed by atoms with Gasteiger partial charge in [0.25, 0.3) is 5.69 Å². The molecule has 2 aromatic rings. The van der Waals surface area contributed by atoms with E-state index in [1.54, 1.807) is 24.3 Å². The number of nitro groups is 1. The number of hydrogen-bond donors (Lipinski definition) is 0. The topological polar surface area (TPSA) is 73.3 Å². The maximum Gasteiger partial charge on any atom is 0.270 e. The summed E-state index contributed by atoms with van der Waals surface area (Å²) in [5, 5.41) is 10.7. The van der Waals surface area contributed by atoms with Gasteiger partial charge in [-0.05, 0) is 24.3 Å². The summed E-state index contributed by atoms with van der Waals surface area (Å²) in [6.07, 6.45) is 3.49. The lowest BCUT2D eigenvalue weighted by Gasteiger charge is -1.96. The van der Waals surface area contributed by atoms with Crippen LogP contribution in [0, 0.1) is 10.1 Å². The van der Waals surface area contributed by atoms with Crippen molar-refractivity contribution >= 4 is 18.0 Å². The summed E-state index contributed by atoms with van der Waals surface area (Å²) in [7, 11) is 0. The molecule has 1 aromatic heterocycles. The zero-order valence-electron chi connectivity index (χ0n) is 9.28. The Morgan fingerprint density at radius 1 is 1.22 bits per heavy atom. The van der Waals surface area contributed by atoms with E-state index in [9.17, 15) is 14.9 Å². The molecule has 1 heterocycles. The van der Waals surface area contributed by atoms with Gasteiger partial charge in [0.05, 0.1) is 4.92 Å². The third-order valence-corrected chi connectivity index (χ3v) is 2.31. The molecule has 0 radical (unpaired) electrons. The van der Waals surface area contributed by atoms with Crippen molar-refractivity contribution in [1.29, 1.82) is 0 Å². The second-order valence-electron chi connectivity index (χ2n) is 3.50. The molecule has 0 aliphatic heterocycles. The van der Waals surface area contributed by atoms with Gasteiger partial charge in [0, 0.05) is 17.7 Å². The van der Waals surface area contributed by atoms with Gasteiger partial charge in [-0.25, -0.2) is 0 Å². The molecule has 5 nitrogen and oxygen atoms in total. The summed E-state index contributed by atoms with van der Waals surface area (Å²) in [5.41, 5.74) is 0.629. The van der Waals surface area contributed by atoms with E-state index in [1.807, 2.05) is 0 Å². The number of nitrogens with zero attached hydrogens (tertiary/aromatic N) is 1. The van der Waals surface area contributed by atoms with Crippen LogP contribution in [0.2, 0.25) is 0 Å². The lowest BCUT2D eigenvalue weighted by atomic mass is 10.1. The van der Waals surface area contributed by atoms with E-state index in [0.29, 0.717) is 23.4 Å². The van der Waals surface area contributed by atoms with Crippen LogP contribution in [0.5, 0.6) is 0 Å². The fraction of sp³-hybridized carbons (Fsp3) is 0. The first-order chi connectivity index (χ1) is 8.70. The summed E-state index contributed by atoms with van der Waals surface area (Å²) in [6.45, 7) is 0. The van der Waals surface area contributed by atoms with Crippen molar-refractivity contribution in [2.24, 2.45) is 0 Å². The molecule has 0 aliphatic carbocycles. The minimum atomic E-state index is -0.459. The number of benzene rings is 1. The Hall–Kier alpha value is -2.69. The Kier molecular flexibility index (Phi) is 3.33. The van der Waals surface area contributed by atoms with Crippen LogP contribution in [0.25, 0.3) is 17.4 Å². The van der Waals surface area contributed by atoms with Crippen LogP contribution in [0.15, 0.2) is 46.9 Å². The fourth-order valence-corrected chi connectivity index (χ4v) is 1.50. The summed E-state index contributed by atoms with van der Waals surface area (Å²) >= 11 is 0. The number of nitro benzene ring substituents is 1. The first-order valence-electron chi connectivity index (χ1n) is 5.17. The SMILES string of the molecule is O=C/C=C/c1ccc(-c2cccc([N+](=O)[O-])c2)o1. The average Bonchev–Trinajstić information content (AvgIpc) is 2.85. The average molecular weight is 243 g/mol. The van der Waals surface area contributed by atoms with E-state index in [1.165, 1.54) is 24.3 Å².